The lowest BCUT2D eigenvalue weighted by Gasteiger charge is -2.11. The number of nitrogens with zero attached hydrogens (tertiary/aromatic N) is 1. The number of carbonyl (C=O) groups is 2. The maximum Gasteiger partial charge on any atom is 0.243 e. The molecule has 0 spiro atoms. The molecule has 0 saturated carbocycles. The first kappa shape index (κ1) is 20.6. The van der Waals surface area contributed by atoms with Crippen LogP contribution in [0.25, 0.3) is 11.3 Å². The van der Waals surface area contributed by atoms with Gasteiger partial charge in [0.05, 0.1) is 17.8 Å². The second-order valence-electron chi connectivity index (χ2n) is 6.69. The number of hydrogen-bond acceptors (Lipinski definition) is 4. The fourth-order valence-electron chi connectivity index (χ4n) is 2.89. The summed E-state index contributed by atoms with van der Waals surface area (Å²) >= 11 is 6.15. The van der Waals surface area contributed by atoms with Gasteiger partial charge >= 0.3 is 0 Å². The maximum atomic E-state index is 12.1. The largest absolute Gasteiger partial charge is 0.441 e. The molecule has 0 aliphatic rings. The van der Waals surface area contributed by atoms with Crippen molar-refractivity contribution in [3.05, 3.63) is 70.7 Å². The highest BCUT2D eigenvalue weighted by molar-refractivity contribution is 6.33. The molecule has 7 heteroatoms. The number of anilines is 1. The maximum absolute atomic E-state index is 12.1. The van der Waals surface area contributed by atoms with Crippen LogP contribution in [0.5, 0.6) is 0 Å². The predicted octanol–water partition coefficient (Wildman–Crippen LogP) is 4.30. The van der Waals surface area contributed by atoms with Gasteiger partial charge in [-0.3, -0.25) is 9.59 Å². The summed E-state index contributed by atoms with van der Waals surface area (Å²) in [6, 6.07) is 13.1. The van der Waals surface area contributed by atoms with Gasteiger partial charge in [-0.25, -0.2) is 4.98 Å². The molecule has 1 heterocycles. The lowest BCUT2D eigenvalue weighted by Crippen LogP contribution is -2.33. The van der Waals surface area contributed by atoms with Gasteiger partial charge in [-0.1, -0.05) is 41.9 Å². The molecule has 0 aliphatic carbocycles. The van der Waals surface area contributed by atoms with Gasteiger partial charge in [-0.15, -0.1) is 0 Å². The van der Waals surface area contributed by atoms with Crippen molar-refractivity contribution in [1.29, 1.82) is 0 Å². The van der Waals surface area contributed by atoms with E-state index in [4.69, 9.17) is 16.0 Å². The average Bonchev–Trinajstić information content (AvgIpc) is 3.17. The van der Waals surface area contributed by atoms with Gasteiger partial charge in [-0.05, 0) is 37.1 Å². The molecule has 0 unspecified atom stereocenters. The standard InChI is InChI=1S/C22H22ClN3O3/c1-14-6-5-7-15(2)22(14)26-20(28)13-24-19(27)10-11-21-25-12-18(29-21)16-8-3-4-9-17(16)23/h3-9,12H,10-11,13H2,1-2H3,(H,24,27)(H,26,28). The third kappa shape index (κ3) is 5.45. The van der Waals surface area contributed by atoms with E-state index in [-0.39, 0.29) is 24.8 Å². The van der Waals surface area contributed by atoms with Crippen LogP contribution in [-0.2, 0) is 16.0 Å². The van der Waals surface area contributed by atoms with Gasteiger partial charge in [0.1, 0.15) is 0 Å². The van der Waals surface area contributed by atoms with Crippen molar-refractivity contribution < 1.29 is 14.0 Å². The Labute approximate surface area is 174 Å². The van der Waals surface area contributed by atoms with E-state index in [1.165, 1.54) is 0 Å². The number of carbonyl (C=O) groups excluding carboxylic acids is 2. The highest BCUT2D eigenvalue weighted by Gasteiger charge is 2.12. The number of hydrogen-bond donors (Lipinski definition) is 2. The zero-order valence-electron chi connectivity index (χ0n) is 16.3. The molecule has 0 atom stereocenters. The Morgan fingerprint density at radius 2 is 1.76 bits per heavy atom. The highest BCUT2D eigenvalue weighted by Crippen LogP contribution is 2.28. The van der Waals surface area contributed by atoms with Crippen LogP contribution in [0.4, 0.5) is 5.69 Å². The minimum atomic E-state index is -0.270. The molecule has 0 fully saturated rings. The van der Waals surface area contributed by atoms with Crippen molar-refractivity contribution in [3.63, 3.8) is 0 Å². The molecule has 0 bridgehead atoms. The number of benzene rings is 2. The summed E-state index contributed by atoms with van der Waals surface area (Å²) in [6.07, 6.45) is 2.08. The topological polar surface area (TPSA) is 84.2 Å². The van der Waals surface area contributed by atoms with Gasteiger partial charge in [0.15, 0.2) is 11.7 Å². The fourth-order valence-corrected chi connectivity index (χ4v) is 3.12. The fraction of sp³-hybridized carbons (Fsp3) is 0.227. The predicted molar refractivity (Wildman–Crippen MR) is 113 cm³/mol. The van der Waals surface area contributed by atoms with E-state index in [1.54, 1.807) is 12.3 Å². The van der Waals surface area contributed by atoms with Gasteiger partial charge < -0.3 is 15.1 Å². The highest BCUT2D eigenvalue weighted by atomic mass is 35.5. The summed E-state index contributed by atoms with van der Waals surface area (Å²) in [6.45, 7) is 3.76. The first-order chi connectivity index (χ1) is 13.9. The molecular weight excluding hydrogens is 390 g/mol. The Kier molecular flexibility index (Phi) is 6.67. The summed E-state index contributed by atoms with van der Waals surface area (Å²) < 4.78 is 5.68. The molecular formula is C22H22ClN3O3. The first-order valence-electron chi connectivity index (χ1n) is 9.26. The molecule has 150 valence electrons. The Morgan fingerprint density at radius 3 is 2.48 bits per heavy atom. The summed E-state index contributed by atoms with van der Waals surface area (Å²) in [5.74, 6) is 0.473. The normalized spacial score (nSPS) is 10.6. The third-order valence-electron chi connectivity index (χ3n) is 4.45. The van der Waals surface area contributed by atoms with Gasteiger partial charge in [0.2, 0.25) is 11.8 Å². The first-order valence-corrected chi connectivity index (χ1v) is 9.64. The molecule has 1 aromatic heterocycles. The molecule has 2 aromatic carbocycles. The summed E-state index contributed by atoms with van der Waals surface area (Å²) in [5.41, 5.74) is 3.48. The molecule has 0 saturated heterocycles. The van der Waals surface area contributed by atoms with E-state index >= 15 is 0 Å². The number of rotatable bonds is 7. The van der Waals surface area contributed by atoms with Crippen LogP contribution in [0.3, 0.4) is 0 Å². The quantitative estimate of drug-likeness (QED) is 0.607. The van der Waals surface area contributed by atoms with E-state index in [0.29, 0.717) is 23.1 Å². The number of para-hydroxylation sites is 1. The van der Waals surface area contributed by atoms with Crippen molar-refractivity contribution >= 4 is 29.1 Å². The molecule has 3 aromatic rings. The smallest absolute Gasteiger partial charge is 0.243 e. The van der Waals surface area contributed by atoms with E-state index in [9.17, 15) is 9.59 Å². The van der Waals surface area contributed by atoms with Crippen LogP contribution in [0.2, 0.25) is 5.02 Å². The van der Waals surface area contributed by atoms with Crippen LogP contribution >= 0.6 is 11.6 Å². The van der Waals surface area contributed by atoms with Crippen LogP contribution in [0.15, 0.2) is 53.1 Å². The SMILES string of the molecule is Cc1cccc(C)c1NC(=O)CNC(=O)CCc1ncc(-c2ccccc2Cl)o1. The lowest BCUT2D eigenvalue weighted by atomic mass is 10.1. The van der Waals surface area contributed by atoms with Gasteiger partial charge in [-0.2, -0.15) is 0 Å². The second kappa shape index (κ2) is 9.39. The number of nitrogens with one attached hydrogen (secondary N) is 2. The van der Waals surface area contributed by atoms with Crippen molar-refractivity contribution in [2.45, 2.75) is 26.7 Å². The minimum Gasteiger partial charge on any atom is -0.441 e. The Bertz CT molecular complexity index is 1010. The van der Waals surface area contributed by atoms with Crippen molar-refractivity contribution in [3.8, 4) is 11.3 Å². The molecule has 0 aliphatic heterocycles. The van der Waals surface area contributed by atoms with Crippen LogP contribution in [-0.4, -0.2) is 23.3 Å². The number of aromatic nitrogens is 1. The van der Waals surface area contributed by atoms with E-state index in [2.05, 4.69) is 15.6 Å². The van der Waals surface area contributed by atoms with Crippen molar-refractivity contribution in [1.82, 2.24) is 10.3 Å². The summed E-state index contributed by atoms with van der Waals surface area (Å²) in [5, 5.41) is 6.03. The molecule has 2 amide bonds. The average molecular weight is 412 g/mol. The van der Waals surface area contributed by atoms with Crippen LogP contribution in [0.1, 0.15) is 23.4 Å². The molecule has 6 nitrogen and oxygen atoms in total. The minimum absolute atomic E-state index is 0.0942. The van der Waals surface area contributed by atoms with E-state index in [0.717, 1.165) is 22.4 Å². The van der Waals surface area contributed by atoms with Crippen molar-refractivity contribution in [2.24, 2.45) is 0 Å². The molecule has 2 N–H and O–H groups in total. The number of amides is 2. The Hall–Kier alpha value is -3.12. The summed E-state index contributed by atoms with van der Waals surface area (Å²) in [7, 11) is 0. The molecule has 29 heavy (non-hydrogen) atoms. The molecule has 3 rings (SSSR count). The summed E-state index contributed by atoms with van der Waals surface area (Å²) in [4.78, 5) is 28.4. The van der Waals surface area contributed by atoms with Gasteiger partial charge in [0, 0.05) is 24.1 Å². The number of halogens is 1. The van der Waals surface area contributed by atoms with Gasteiger partial charge in [0.25, 0.3) is 0 Å². The second-order valence-corrected chi connectivity index (χ2v) is 7.10. The van der Waals surface area contributed by atoms with Crippen LogP contribution in [0, 0.1) is 13.8 Å². The molecule has 0 radical (unpaired) electrons. The number of aryl methyl sites for hydroxylation is 3. The van der Waals surface area contributed by atoms with E-state index < -0.39 is 0 Å². The zero-order chi connectivity index (χ0) is 20.8. The Morgan fingerprint density at radius 1 is 1.03 bits per heavy atom. The van der Waals surface area contributed by atoms with Crippen molar-refractivity contribution in [2.75, 3.05) is 11.9 Å². The van der Waals surface area contributed by atoms with E-state index in [1.807, 2.05) is 50.2 Å². The monoisotopic (exact) mass is 411 g/mol. The third-order valence-corrected chi connectivity index (χ3v) is 4.78. The zero-order valence-corrected chi connectivity index (χ0v) is 17.0. The van der Waals surface area contributed by atoms with Crippen LogP contribution < -0.4 is 10.6 Å². The number of oxazole rings is 1. The Balaban J connectivity index is 1.47. The lowest BCUT2D eigenvalue weighted by molar-refractivity contribution is -0.124.